The lowest BCUT2D eigenvalue weighted by atomic mass is 10.1. The summed E-state index contributed by atoms with van der Waals surface area (Å²) >= 11 is 0. The van der Waals surface area contributed by atoms with E-state index in [2.05, 4.69) is 10.1 Å². The van der Waals surface area contributed by atoms with E-state index in [4.69, 9.17) is 0 Å². The number of hydrogen-bond donors (Lipinski definition) is 1. The molecule has 0 unspecified atom stereocenters. The number of hydrogen-bond acceptors (Lipinski definition) is 3. The van der Waals surface area contributed by atoms with Crippen LogP contribution >= 0.6 is 0 Å². The average Bonchev–Trinajstić information content (AvgIpc) is 2.53. The van der Waals surface area contributed by atoms with Gasteiger partial charge in [-0.2, -0.15) is 0 Å². The van der Waals surface area contributed by atoms with Crippen molar-refractivity contribution in [1.82, 2.24) is 5.32 Å². The van der Waals surface area contributed by atoms with E-state index in [1.54, 1.807) is 18.2 Å². The number of benzene rings is 2. The summed E-state index contributed by atoms with van der Waals surface area (Å²) in [6, 6.07) is 8.39. The minimum absolute atomic E-state index is 0.159. The van der Waals surface area contributed by atoms with E-state index in [9.17, 15) is 22.8 Å². The highest BCUT2D eigenvalue weighted by molar-refractivity contribution is 5.91. The maximum Gasteiger partial charge on any atom is 0.338 e. The Balaban J connectivity index is 1.76. The maximum atomic E-state index is 13.4. The molecule has 2 aromatic carbocycles. The van der Waals surface area contributed by atoms with Crippen molar-refractivity contribution < 1.29 is 27.5 Å². The van der Waals surface area contributed by atoms with Crippen molar-refractivity contribution in [3.8, 4) is 0 Å². The van der Waals surface area contributed by atoms with Gasteiger partial charge >= 0.3 is 5.97 Å². The number of rotatable bonds is 6. The fourth-order valence-electron chi connectivity index (χ4n) is 1.97. The van der Waals surface area contributed by atoms with Gasteiger partial charge in [0.25, 0.3) is 5.91 Å². The lowest BCUT2D eigenvalue weighted by Gasteiger charge is -2.07. The van der Waals surface area contributed by atoms with E-state index in [1.807, 2.05) is 0 Å². The van der Waals surface area contributed by atoms with Crippen LogP contribution in [-0.4, -0.2) is 25.0 Å². The summed E-state index contributed by atoms with van der Waals surface area (Å²) in [6.07, 6.45) is 0.279. The van der Waals surface area contributed by atoms with Gasteiger partial charge in [-0.1, -0.05) is 18.2 Å². The van der Waals surface area contributed by atoms with Crippen molar-refractivity contribution >= 4 is 11.9 Å². The molecular formula is C17H14F3NO3. The van der Waals surface area contributed by atoms with Gasteiger partial charge < -0.3 is 10.1 Å². The molecule has 126 valence electrons. The highest BCUT2D eigenvalue weighted by atomic mass is 19.1. The van der Waals surface area contributed by atoms with Crippen molar-refractivity contribution in [2.24, 2.45) is 0 Å². The van der Waals surface area contributed by atoms with Gasteiger partial charge in [0.15, 0.2) is 6.61 Å². The molecule has 0 heterocycles. The zero-order chi connectivity index (χ0) is 17.5. The number of amides is 1. The first-order valence-electron chi connectivity index (χ1n) is 7.09. The van der Waals surface area contributed by atoms with Crippen LogP contribution in [0.4, 0.5) is 13.2 Å². The van der Waals surface area contributed by atoms with Crippen LogP contribution < -0.4 is 5.32 Å². The molecule has 0 aliphatic heterocycles. The van der Waals surface area contributed by atoms with E-state index in [0.29, 0.717) is 11.6 Å². The third-order valence-corrected chi connectivity index (χ3v) is 3.11. The van der Waals surface area contributed by atoms with Gasteiger partial charge in [-0.25, -0.2) is 18.0 Å². The number of carbonyl (C=O) groups excluding carboxylic acids is 2. The second kappa shape index (κ2) is 8.14. The van der Waals surface area contributed by atoms with Gasteiger partial charge in [-0.3, -0.25) is 4.79 Å². The van der Waals surface area contributed by atoms with Crippen molar-refractivity contribution in [3.05, 3.63) is 71.0 Å². The second-order valence-corrected chi connectivity index (χ2v) is 4.93. The molecule has 2 aromatic rings. The summed E-state index contributed by atoms with van der Waals surface area (Å²) < 4.78 is 44.0. The zero-order valence-corrected chi connectivity index (χ0v) is 12.5. The lowest BCUT2D eigenvalue weighted by molar-refractivity contribution is -0.124. The molecule has 0 radical (unpaired) electrons. The Hall–Kier alpha value is -2.83. The first-order chi connectivity index (χ1) is 11.5. The summed E-state index contributed by atoms with van der Waals surface area (Å²) in [6.45, 7) is -0.444. The van der Waals surface area contributed by atoms with Crippen molar-refractivity contribution in [1.29, 1.82) is 0 Å². The molecule has 0 aliphatic rings. The smallest absolute Gasteiger partial charge is 0.338 e. The fraction of sp³-hybridized carbons (Fsp3) is 0.176. The molecule has 4 nitrogen and oxygen atoms in total. The van der Waals surface area contributed by atoms with E-state index < -0.39 is 30.1 Å². The summed E-state index contributed by atoms with van der Waals surface area (Å²) in [5, 5.41) is 2.46. The minimum atomic E-state index is -1.02. The quantitative estimate of drug-likeness (QED) is 0.825. The fourth-order valence-corrected chi connectivity index (χ4v) is 1.97. The normalized spacial score (nSPS) is 10.3. The highest BCUT2D eigenvalue weighted by Crippen LogP contribution is 2.09. The topological polar surface area (TPSA) is 55.4 Å². The number of carbonyl (C=O) groups is 2. The summed E-state index contributed by atoms with van der Waals surface area (Å²) in [5.74, 6) is -3.83. The molecule has 1 N–H and O–H groups in total. The number of esters is 1. The van der Waals surface area contributed by atoms with Gasteiger partial charge in [0.2, 0.25) is 0 Å². The molecule has 0 spiro atoms. The summed E-state index contributed by atoms with van der Waals surface area (Å²) in [4.78, 5) is 23.2. The molecule has 24 heavy (non-hydrogen) atoms. The largest absolute Gasteiger partial charge is 0.452 e. The Morgan fingerprint density at radius 2 is 1.67 bits per heavy atom. The molecule has 1 amide bonds. The Morgan fingerprint density at radius 3 is 2.33 bits per heavy atom. The predicted molar refractivity (Wildman–Crippen MR) is 79.8 cm³/mol. The van der Waals surface area contributed by atoms with Crippen LogP contribution in [0.2, 0.25) is 0 Å². The Kier molecular flexibility index (Phi) is 5.95. The lowest BCUT2D eigenvalue weighted by Crippen LogP contribution is -2.30. The van der Waals surface area contributed by atoms with Crippen molar-refractivity contribution in [2.75, 3.05) is 13.2 Å². The molecule has 0 saturated heterocycles. The molecular weight excluding hydrogens is 323 g/mol. The van der Waals surface area contributed by atoms with Gasteiger partial charge in [0, 0.05) is 12.6 Å². The summed E-state index contributed by atoms with van der Waals surface area (Å²) in [7, 11) is 0. The molecule has 0 fully saturated rings. The molecule has 0 aromatic heterocycles. The van der Waals surface area contributed by atoms with Crippen LogP contribution in [0.1, 0.15) is 15.9 Å². The van der Waals surface area contributed by atoms with E-state index in [1.165, 1.54) is 6.07 Å². The minimum Gasteiger partial charge on any atom is -0.452 e. The van der Waals surface area contributed by atoms with Crippen LogP contribution in [0.25, 0.3) is 0 Å². The average molecular weight is 337 g/mol. The third kappa shape index (κ3) is 5.12. The Labute approximate surface area is 136 Å². The first-order valence-corrected chi connectivity index (χ1v) is 7.09. The first kappa shape index (κ1) is 17.5. The SMILES string of the molecule is O=C(COC(=O)c1cc(F)cc(F)c1)NCCc1ccccc1F. The standard InChI is InChI=1S/C17H14F3NO3/c18-13-7-12(8-14(19)9-13)17(23)24-10-16(22)21-6-5-11-3-1-2-4-15(11)20/h1-4,7-9H,5-6,10H2,(H,21,22). The van der Waals surface area contributed by atoms with Crippen LogP contribution in [-0.2, 0) is 16.0 Å². The zero-order valence-electron chi connectivity index (χ0n) is 12.5. The van der Waals surface area contributed by atoms with Gasteiger partial charge in [-0.05, 0) is 30.2 Å². The van der Waals surface area contributed by atoms with E-state index >= 15 is 0 Å². The van der Waals surface area contributed by atoms with Crippen LogP contribution in [0.15, 0.2) is 42.5 Å². The second-order valence-electron chi connectivity index (χ2n) is 4.93. The monoisotopic (exact) mass is 337 g/mol. The van der Waals surface area contributed by atoms with Crippen molar-refractivity contribution in [2.45, 2.75) is 6.42 Å². The van der Waals surface area contributed by atoms with Gasteiger partial charge in [0.05, 0.1) is 5.56 Å². The Morgan fingerprint density at radius 1 is 1.00 bits per heavy atom. The van der Waals surface area contributed by atoms with Crippen LogP contribution in [0, 0.1) is 17.5 Å². The number of nitrogens with one attached hydrogen (secondary N) is 1. The van der Waals surface area contributed by atoms with Crippen molar-refractivity contribution in [3.63, 3.8) is 0 Å². The molecule has 0 aliphatic carbocycles. The van der Waals surface area contributed by atoms with Gasteiger partial charge in [0.1, 0.15) is 17.5 Å². The van der Waals surface area contributed by atoms with E-state index in [-0.39, 0.29) is 24.3 Å². The molecule has 0 bridgehead atoms. The molecule has 0 atom stereocenters. The molecule has 2 rings (SSSR count). The van der Waals surface area contributed by atoms with Gasteiger partial charge in [-0.15, -0.1) is 0 Å². The maximum absolute atomic E-state index is 13.4. The Bertz CT molecular complexity index is 729. The number of halogens is 3. The molecule has 0 saturated carbocycles. The van der Waals surface area contributed by atoms with E-state index in [0.717, 1.165) is 12.1 Å². The third-order valence-electron chi connectivity index (χ3n) is 3.11. The van der Waals surface area contributed by atoms with Crippen LogP contribution in [0.3, 0.4) is 0 Å². The summed E-state index contributed by atoms with van der Waals surface area (Å²) in [5.41, 5.74) is 0.122. The number of ether oxygens (including phenoxy) is 1. The molecule has 7 heteroatoms. The predicted octanol–water partition coefficient (Wildman–Crippen LogP) is 2.62. The van der Waals surface area contributed by atoms with Crippen LogP contribution in [0.5, 0.6) is 0 Å². The highest BCUT2D eigenvalue weighted by Gasteiger charge is 2.12.